The molecule has 0 saturated carbocycles. The van der Waals surface area contributed by atoms with Crippen molar-refractivity contribution >= 4 is 11.9 Å². The molecule has 1 aromatic carbocycles. The molecular weight excluding hydrogens is 208 g/mol. The molecule has 0 aromatic heterocycles. The molecule has 0 atom stereocenters. The van der Waals surface area contributed by atoms with Crippen molar-refractivity contribution in [3.05, 3.63) is 11.1 Å². The molecule has 0 spiro atoms. The number of cyclic esters (lactones) is 2. The Balaban J connectivity index is 2.92. The zero-order valence-corrected chi connectivity index (χ0v) is 7.01. The summed E-state index contributed by atoms with van der Waals surface area (Å²) in [7, 11) is 0. The van der Waals surface area contributed by atoms with Crippen molar-refractivity contribution in [3.63, 3.8) is 0 Å². The highest BCUT2D eigenvalue weighted by Crippen LogP contribution is 2.49. The summed E-state index contributed by atoms with van der Waals surface area (Å²) >= 11 is 0. The number of carbonyl (C=O) groups is 2. The van der Waals surface area contributed by atoms with E-state index < -0.39 is 46.1 Å². The summed E-state index contributed by atoms with van der Waals surface area (Å²) in [4.78, 5) is 22.0. The van der Waals surface area contributed by atoms with Crippen LogP contribution in [0.2, 0.25) is 0 Å². The molecule has 0 bridgehead atoms. The predicted molar refractivity (Wildman–Crippen MR) is 42.8 cm³/mol. The fourth-order valence-corrected chi connectivity index (χ4v) is 1.28. The van der Waals surface area contributed by atoms with Crippen LogP contribution in [0.3, 0.4) is 0 Å². The largest absolute Gasteiger partial charge is 0.504 e. The van der Waals surface area contributed by atoms with Gasteiger partial charge in [0.25, 0.3) is 0 Å². The van der Waals surface area contributed by atoms with E-state index in [4.69, 9.17) is 10.2 Å². The minimum Gasteiger partial charge on any atom is -0.504 e. The van der Waals surface area contributed by atoms with Crippen LogP contribution in [0, 0.1) is 0 Å². The molecule has 0 saturated heterocycles. The van der Waals surface area contributed by atoms with Crippen LogP contribution in [0.25, 0.3) is 0 Å². The topological polar surface area (TPSA) is 124 Å². The van der Waals surface area contributed by atoms with E-state index in [2.05, 4.69) is 4.74 Å². The van der Waals surface area contributed by atoms with Crippen molar-refractivity contribution in [1.29, 1.82) is 0 Å². The molecular formula is C8H4O7. The maximum absolute atomic E-state index is 11.0. The zero-order valence-electron chi connectivity index (χ0n) is 7.01. The first kappa shape index (κ1) is 9.13. The Hall–Kier alpha value is -2.44. The molecule has 1 aliphatic heterocycles. The number of rotatable bonds is 0. The third-order valence-electron chi connectivity index (χ3n) is 1.99. The van der Waals surface area contributed by atoms with Gasteiger partial charge in [-0.15, -0.1) is 0 Å². The summed E-state index contributed by atoms with van der Waals surface area (Å²) in [6, 6.07) is 0. The maximum atomic E-state index is 11.0. The molecule has 0 unspecified atom stereocenters. The second-order valence-corrected chi connectivity index (χ2v) is 2.82. The summed E-state index contributed by atoms with van der Waals surface area (Å²) in [6.07, 6.45) is 0. The Bertz CT molecular complexity index is 457. The van der Waals surface area contributed by atoms with E-state index in [0.29, 0.717) is 0 Å². The van der Waals surface area contributed by atoms with Crippen molar-refractivity contribution in [2.45, 2.75) is 0 Å². The molecule has 15 heavy (non-hydrogen) atoms. The molecule has 1 aromatic rings. The fourth-order valence-electron chi connectivity index (χ4n) is 1.28. The number of esters is 2. The smallest absolute Gasteiger partial charge is 0.351 e. The fraction of sp³-hybridized carbons (Fsp3) is 0. The van der Waals surface area contributed by atoms with Crippen molar-refractivity contribution < 1.29 is 34.8 Å². The Morgan fingerprint density at radius 3 is 1.33 bits per heavy atom. The number of carbonyl (C=O) groups excluding carboxylic acids is 2. The van der Waals surface area contributed by atoms with E-state index in [1.165, 1.54) is 0 Å². The van der Waals surface area contributed by atoms with Gasteiger partial charge in [-0.05, 0) is 0 Å². The Morgan fingerprint density at radius 1 is 0.667 bits per heavy atom. The molecule has 7 nitrogen and oxygen atoms in total. The number of hydrogen-bond acceptors (Lipinski definition) is 7. The van der Waals surface area contributed by atoms with E-state index in [0.717, 1.165) is 0 Å². The van der Waals surface area contributed by atoms with E-state index in [-0.39, 0.29) is 0 Å². The van der Waals surface area contributed by atoms with Crippen molar-refractivity contribution in [1.82, 2.24) is 0 Å². The molecule has 1 heterocycles. The summed E-state index contributed by atoms with van der Waals surface area (Å²) in [5.41, 5.74) is -1.32. The Kier molecular flexibility index (Phi) is 1.54. The number of ether oxygens (including phenoxy) is 1. The monoisotopic (exact) mass is 212 g/mol. The van der Waals surface area contributed by atoms with Gasteiger partial charge < -0.3 is 25.2 Å². The third kappa shape index (κ3) is 0.938. The van der Waals surface area contributed by atoms with Crippen LogP contribution in [-0.2, 0) is 4.74 Å². The zero-order chi connectivity index (χ0) is 11.3. The summed E-state index contributed by atoms with van der Waals surface area (Å²) in [5, 5.41) is 36.6. The molecule has 0 amide bonds. The third-order valence-corrected chi connectivity index (χ3v) is 1.99. The van der Waals surface area contributed by atoms with Crippen molar-refractivity contribution in [2.75, 3.05) is 0 Å². The van der Waals surface area contributed by atoms with Crippen LogP contribution in [0.5, 0.6) is 23.0 Å². The second kappa shape index (κ2) is 2.53. The van der Waals surface area contributed by atoms with Crippen molar-refractivity contribution in [3.8, 4) is 23.0 Å². The first-order valence-electron chi connectivity index (χ1n) is 3.71. The second-order valence-electron chi connectivity index (χ2n) is 2.82. The SMILES string of the molecule is O=C1OC(=O)c2c(O)c(O)c(O)c(O)c21. The quantitative estimate of drug-likeness (QED) is 0.203. The minimum atomic E-state index is -1.20. The van der Waals surface area contributed by atoms with Crippen LogP contribution in [0.1, 0.15) is 20.7 Å². The molecule has 0 fully saturated rings. The molecule has 1 aliphatic rings. The lowest BCUT2D eigenvalue weighted by Gasteiger charge is -2.05. The van der Waals surface area contributed by atoms with Gasteiger partial charge in [-0.3, -0.25) is 0 Å². The average molecular weight is 212 g/mol. The van der Waals surface area contributed by atoms with Crippen LogP contribution >= 0.6 is 0 Å². The van der Waals surface area contributed by atoms with Gasteiger partial charge in [-0.1, -0.05) is 0 Å². The number of hydrogen-bond donors (Lipinski definition) is 4. The lowest BCUT2D eigenvalue weighted by molar-refractivity contribution is 0.0442. The lowest BCUT2D eigenvalue weighted by atomic mass is 10.1. The maximum Gasteiger partial charge on any atom is 0.351 e. The number of aromatic hydroxyl groups is 4. The van der Waals surface area contributed by atoms with E-state index in [9.17, 15) is 19.8 Å². The number of phenols is 4. The normalized spacial score (nSPS) is 13.9. The minimum absolute atomic E-state index is 0.659. The first-order valence-corrected chi connectivity index (χ1v) is 3.71. The first-order chi connectivity index (χ1) is 6.95. The number of phenolic OH excluding ortho intramolecular Hbond substituents is 4. The molecule has 78 valence electrons. The summed E-state index contributed by atoms with van der Waals surface area (Å²) in [6.45, 7) is 0. The van der Waals surface area contributed by atoms with Gasteiger partial charge in [-0.25, -0.2) is 9.59 Å². The molecule has 0 radical (unpaired) electrons. The van der Waals surface area contributed by atoms with Gasteiger partial charge in [0.15, 0.2) is 11.5 Å². The highest BCUT2D eigenvalue weighted by atomic mass is 16.6. The van der Waals surface area contributed by atoms with E-state index >= 15 is 0 Å². The highest BCUT2D eigenvalue weighted by Gasteiger charge is 2.39. The molecule has 0 aliphatic carbocycles. The predicted octanol–water partition coefficient (Wildman–Crippen LogP) is -0.180. The van der Waals surface area contributed by atoms with Crippen LogP contribution in [-0.4, -0.2) is 32.4 Å². The van der Waals surface area contributed by atoms with Crippen LogP contribution in [0.15, 0.2) is 0 Å². The van der Waals surface area contributed by atoms with Crippen LogP contribution in [0.4, 0.5) is 0 Å². The van der Waals surface area contributed by atoms with Gasteiger partial charge in [0.2, 0.25) is 11.5 Å². The van der Waals surface area contributed by atoms with E-state index in [1.807, 2.05) is 0 Å². The van der Waals surface area contributed by atoms with Gasteiger partial charge in [0, 0.05) is 0 Å². The average Bonchev–Trinajstić information content (AvgIpc) is 2.47. The molecule has 2 rings (SSSR count). The summed E-state index contributed by atoms with van der Waals surface area (Å²) < 4.78 is 4.08. The Labute approximate surface area is 81.8 Å². The summed E-state index contributed by atoms with van der Waals surface area (Å²) in [5.74, 6) is -6.57. The van der Waals surface area contributed by atoms with E-state index in [1.54, 1.807) is 0 Å². The number of fused-ring (bicyclic) bond motifs is 1. The standard InChI is InChI=1S/C8H4O7/c9-3-1-2(8(14)15-7(1)13)4(10)6(12)5(3)11/h9-12H. The molecule has 4 N–H and O–H groups in total. The highest BCUT2D eigenvalue weighted by molar-refractivity contribution is 6.18. The Morgan fingerprint density at radius 2 is 1.00 bits per heavy atom. The molecule has 7 heteroatoms. The van der Waals surface area contributed by atoms with Gasteiger partial charge >= 0.3 is 11.9 Å². The number of benzene rings is 1. The van der Waals surface area contributed by atoms with Gasteiger partial charge in [0.1, 0.15) is 11.1 Å². The van der Waals surface area contributed by atoms with Crippen LogP contribution < -0.4 is 0 Å². The lowest BCUT2D eigenvalue weighted by Crippen LogP contribution is -1.97. The van der Waals surface area contributed by atoms with Gasteiger partial charge in [0.05, 0.1) is 0 Å². The van der Waals surface area contributed by atoms with Gasteiger partial charge in [-0.2, -0.15) is 0 Å². The van der Waals surface area contributed by atoms with Crippen molar-refractivity contribution in [2.24, 2.45) is 0 Å².